The van der Waals surface area contributed by atoms with Crippen LogP contribution in [-0.4, -0.2) is 63.9 Å². The standard InChI is InChI=1S/C11H13N3O3.C2HF3O2/c1-7-3-4-8(5-12-7)14-6-9(10(15)16)13(2)11(14)17;3-2(4,5)1(6)7/h3-5,9H,6H2,1-2H3,(H,15,16);(H,6,7). The Morgan fingerprint density at radius 1 is 1.29 bits per heavy atom. The Balaban J connectivity index is 0.000000351. The van der Waals surface area contributed by atoms with Crippen LogP contribution in [0.1, 0.15) is 5.69 Å². The largest absolute Gasteiger partial charge is 0.490 e. The number of carbonyl (C=O) groups is 3. The fourth-order valence-electron chi connectivity index (χ4n) is 1.78. The summed E-state index contributed by atoms with van der Waals surface area (Å²) in [4.78, 5) is 38.5. The maximum atomic E-state index is 11.9. The van der Waals surface area contributed by atoms with Gasteiger partial charge in [0.15, 0.2) is 0 Å². The molecule has 11 heteroatoms. The molecule has 2 amide bonds. The van der Waals surface area contributed by atoms with Crippen molar-refractivity contribution in [1.82, 2.24) is 9.88 Å². The summed E-state index contributed by atoms with van der Waals surface area (Å²) >= 11 is 0. The van der Waals surface area contributed by atoms with Crippen LogP contribution in [0.4, 0.5) is 23.7 Å². The summed E-state index contributed by atoms with van der Waals surface area (Å²) in [7, 11) is 1.49. The molecule has 2 N–H and O–H groups in total. The molecule has 0 spiro atoms. The molecule has 1 atom stereocenters. The molecule has 8 nitrogen and oxygen atoms in total. The molecule has 1 aliphatic rings. The van der Waals surface area contributed by atoms with Crippen LogP contribution in [0.2, 0.25) is 0 Å². The van der Waals surface area contributed by atoms with Crippen LogP contribution in [-0.2, 0) is 9.59 Å². The first-order valence-electron chi connectivity index (χ1n) is 6.45. The van der Waals surface area contributed by atoms with Crippen LogP contribution >= 0.6 is 0 Å². The first kappa shape index (κ1) is 19.2. The van der Waals surface area contributed by atoms with Gasteiger partial charge in [-0.1, -0.05) is 0 Å². The minimum absolute atomic E-state index is 0.148. The molecular formula is C13H14F3N3O5. The van der Waals surface area contributed by atoms with Gasteiger partial charge in [-0.15, -0.1) is 0 Å². The lowest BCUT2D eigenvalue weighted by Crippen LogP contribution is -2.36. The molecule has 0 aromatic carbocycles. The van der Waals surface area contributed by atoms with E-state index >= 15 is 0 Å². The Bertz CT molecular complexity index is 633. The average molecular weight is 349 g/mol. The molecule has 1 aliphatic heterocycles. The fourth-order valence-corrected chi connectivity index (χ4v) is 1.78. The summed E-state index contributed by atoms with van der Waals surface area (Å²) < 4.78 is 31.7. The van der Waals surface area contributed by atoms with Crippen molar-refractivity contribution in [2.24, 2.45) is 0 Å². The molecule has 2 rings (SSSR count). The van der Waals surface area contributed by atoms with E-state index in [-0.39, 0.29) is 12.6 Å². The fraction of sp³-hybridized carbons (Fsp3) is 0.385. The second-order valence-corrected chi connectivity index (χ2v) is 4.82. The van der Waals surface area contributed by atoms with E-state index in [4.69, 9.17) is 15.0 Å². The van der Waals surface area contributed by atoms with Crippen molar-refractivity contribution in [3.63, 3.8) is 0 Å². The van der Waals surface area contributed by atoms with Crippen LogP contribution in [0, 0.1) is 6.92 Å². The van der Waals surface area contributed by atoms with E-state index in [2.05, 4.69) is 4.98 Å². The number of carboxylic acids is 2. The SMILES string of the molecule is Cc1ccc(N2CC(C(=O)O)N(C)C2=O)cn1.O=C(O)C(F)(F)F. The number of halogens is 3. The number of aryl methyl sites for hydroxylation is 1. The Morgan fingerprint density at radius 2 is 1.83 bits per heavy atom. The summed E-state index contributed by atoms with van der Waals surface area (Å²) in [5.41, 5.74) is 1.47. The molecule has 1 aromatic heterocycles. The number of alkyl halides is 3. The minimum atomic E-state index is -5.08. The molecule has 0 aliphatic carbocycles. The summed E-state index contributed by atoms with van der Waals surface area (Å²) in [6, 6.07) is 2.43. The van der Waals surface area contributed by atoms with Crippen molar-refractivity contribution in [3.05, 3.63) is 24.0 Å². The zero-order valence-corrected chi connectivity index (χ0v) is 12.6. The lowest BCUT2D eigenvalue weighted by Gasteiger charge is -2.15. The van der Waals surface area contributed by atoms with Crippen LogP contribution in [0.15, 0.2) is 18.3 Å². The van der Waals surface area contributed by atoms with Crippen molar-refractivity contribution >= 4 is 23.7 Å². The number of pyridine rings is 1. The normalized spacial score (nSPS) is 17.4. The number of aliphatic carboxylic acids is 2. The first-order chi connectivity index (χ1) is 10.9. The number of anilines is 1. The van der Waals surface area contributed by atoms with E-state index in [0.29, 0.717) is 5.69 Å². The molecule has 1 aromatic rings. The Morgan fingerprint density at radius 3 is 2.17 bits per heavy atom. The van der Waals surface area contributed by atoms with Gasteiger partial charge in [0.1, 0.15) is 6.04 Å². The smallest absolute Gasteiger partial charge is 0.480 e. The third kappa shape index (κ3) is 4.57. The molecule has 24 heavy (non-hydrogen) atoms. The van der Waals surface area contributed by atoms with Crippen LogP contribution in [0.25, 0.3) is 0 Å². The van der Waals surface area contributed by atoms with Gasteiger partial charge in [0.05, 0.1) is 18.4 Å². The van der Waals surface area contributed by atoms with Crippen LogP contribution < -0.4 is 4.90 Å². The molecule has 1 fully saturated rings. The highest BCUT2D eigenvalue weighted by Crippen LogP contribution is 2.22. The third-order valence-corrected chi connectivity index (χ3v) is 3.09. The van der Waals surface area contributed by atoms with E-state index in [9.17, 15) is 22.8 Å². The summed E-state index contributed by atoms with van der Waals surface area (Å²) in [6.07, 6.45) is -3.51. The molecule has 1 saturated heterocycles. The van der Waals surface area contributed by atoms with E-state index in [0.717, 1.165) is 5.69 Å². The van der Waals surface area contributed by atoms with Crippen molar-refractivity contribution < 1.29 is 37.8 Å². The molecule has 0 radical (unpaired) electrons. The van der Waals surface area contributed by atoms with Gasteiger partial charge in [-0.25, -0.2) is 14.4 Å². The zero-order valence-electron chi connectivity index (χ0n) is 12.6. The highest BCUT2D eigenvalue weighted by Gasteiger charge is 2.40. The van der Waals surface area contributed by atoms with Gasteiger partial charge < -0.3 is 15.1 Å². The zero-order chi connectivity index (χ0) is 18.7. The van der Waals surface area contributed by atoms with Gasteiger partial charge in [-0.3, -0.25) is 9.88 Å². The second-order valence-electron chi connectivity index (χ2n) is 4.82. The quantitative estimate of drug-likeness (QED) is 0.834. The lowest BCUT2D eigenvalue weighted by atomic mass is 10.3. The number of urea groups is 1. The number of nitrogens with zero attached hydrogens (tertiary/aromatic N) is 3. The van der Waals surface area contributed by atoms with E-state index in [1.54, 1.807) is 18.3 Å². The lowest BCUT2D eigenvalue weighted by molar-refractivity contribution is -0.192. The van der Waals surface area contributed by atoms with Gasteiger partial charge in [0.25, 0.3) is 0 Å². The van der Waals surface area contributed by atoms with Crippen LogP contribution in [0.3, 0.4) is 0 Å². The summed E-state index contributed by atoms with van der Waals surface area (Å²) in [6.45, 7) is 2.00. The highest BCUT2D eigenvalue weighted by molar-refractivity contribution is 5.98. The number of aromatic nitrogens is 1. The minimum Gasteiger partial charge on any atom is -0.480 e. The predicted octanol–water partition coefficient (Wildman–Crippen LogP) is 1.35. The van der Waals surface area contributed by atoms with Crippen LogP contribution in [0.5, 0.6) is 0 Å². The van der Waals surface area contributed by atoms with Crippen molar-refractivity contribution in [1.29, 1.82) is 0 Å². The molecule has 1 unspecified atom stereocenters. The highest BCUT2D eigenvalue weighted by atomic mass is 19.4. The first-order valence-corrected chi connectivity index (χ1v) is 6.45. The van der Waals surface area contributed by atoms with Gasteiger partial charge in [0, 0.05) is 12.7 Å². The van der Waals surface area contributed by atoms with Crippen molar-refractivity contribution in [3.8, 4) is 0 Å². The number of hydrogen-bond donors (Lipinski definition) is 2. The predicted molar refractivity (Wildman–Crippen MR) is 74.6 cm³/mol. The van der Waals surface area contributed by atoms with Gasteiger partial charge in [-0.05, 0) is 19.1 Å². The maximum Gasteiger partial charge on any atom is 0.490 e. The number of rotatable bonds is 2. The second kappa shape index (κ2) is 7.15. The molecule has 0 bridgehead atoms. The number of likely N-dealkylation sites (N-methyl/N-ethyl adjacent to an activating group) is 1. The number of amides is 2. The Kier molecular flexibility index (Phi) is 5.72. The third-order valence-electron chi connectivity index (χ3n) is 3.09. The average Bonchev–Trinajstić information content (AvgIpc) is 2.76. The van der Waals surface area contributed by atoms with Gasteiger partial charge in [-0.2, -0.15) is 13.2 Å². The topological polar surface area (TPSA) is 111 Å². The molecule has 0 saturated carbocycles. The molecule has 132 valence electrons. The summed E-state index contributed by atoms with van der Waals surface area (Å²) in [5, 5.41) is 16.1. The van der Waals surface area contributed by atoms with Gasteiger partial charge in [0.2, 0.25) is 0 Å². The van der Waals surface area contributed by atoms with Crippen molar-refractivity contribution in [2.45, 2.75) is 19.1 Å². The van der Waals surface area contributed by atoms with E-state index in [1.165, 1.54) is 16.8 Å². The van der Waals surface area contributed by atoms with E-state index < -0.39 is 24.2 Å². The van der Waals surface area contributed by atoms with Crippen molar-refractivity contribution in [2.75, 3.05) is 18.5 Å². The number of carbonyl (C=O) groups excluding carboxylic acids is 1. The molecule has 2 heterocycles. The number of hydrogen-bond acceptors (Lipinski definition) is 4. The summed E-state index contributed by atoms with van der Waals surface area (Å²) in [5.74, 6) is -3.75. The number of carboxylic acid groups (broad SMARTS) is 2. The Labute approximate surface area is 134 Å². The monoisotopic (exact) mass is 349 g/mol. The van der Waals surface area contributed by atoms with E-state index in [1.807, 2.05) is 6.92 Å². The maximum absolute atomic E-state index is 11.9. The molecular weight excluding hydrogens is 335 g/mol. The Hall–Kier alpha value is -2.85. The van der Waals surface area contributed by atoms with Gasteiger partial charge >= 0.3 is 24.1 Å².